The van der Waals surface area contributed by atoms with Crippen molar-refractivity contribution >= 4 is 21.8 Å². The van der Waals surface area contributed by atoms with Gasteiger partial charge in [-0.25, -0.2) is 9.97 Å². The van der Waals surface area contributed by atoms with Gasteiger partial charge in [0.1, 0.15) is 0 Å². The second kappa shape index (κ2) is 10.1. The predicted molar refractivity (Wildman–Crippen MR) is 190 cm³/mol. The van der Waals surface area contributed by atoms with Crippen LogP contribution in [0.5, 0.6) is 0 Å². The molecule has 9 rings (SSSR count). The fourth-order valence-electron chi connectivity index (χ4n) is 7.42. The van der Waals surface area contributed by atoms with Crippen LogP contribution in [0.15, 0.2) is 152 Å². The maximum Gasteiger partial charge on any atom is 0.160 e. The first-order valence-corrected chi connectivity index (χ1v) is 15.9. The summed E-state index contributed by atoms with van der Waals surface area (Å²) in [5.74, 6) is 0.731. The molecule has 0 atom stereocenters. The molecular weight excluding hydrogens is 558 g/mol. The van der Waals surface area contributed by atoms with Gasteiger partial charge in [-0.05, 0) is 47.0 Å². The molecule has 1 aliphatic carbocycles. The Labute approximate surface area is 268 Å². The van der Waals surface area contributed by atoms with Crippen LogP contribution in [0.3, 0.4) is 0 Å². The summed E-state index contributed by atoms with van der Waals surface area (Å²) in [5, 5.41) is 2.49. The van der Waals surface area contributed by atoms with Crippen molar-refractivity contribution in [3.63, 3.8) is 0 Å². The summed E-state index contributed by atoms with van der Waals surface area (Å²) in [5.41, 5.74) is 13.3. The first kappa shape index (κ1) is 26.6. The summed E-state index contributed by atoms with van der Waals surface area (Å²) in [6, 6.07) is 54.0. The lowest BCUT2D eigenvalue weighted by Crippen LogP contribution is -2.17. The highest BCUT2D eigenvalue weighted by Crippen LogP contribution is 2.51. The lowest BCUT2D eigenvalue weighted by Gasteiger charge is -2.24. The van der Waals surface area contributed by atoms with Crippen molar-refractivity contribution in [1.82, 2.24) is 14.5 Å². The molecule has 3 nitrogen and oxygen atoms in total. The SMILES string of the molecule is CC1(C)c2ccccc2-c2nc(-c3cccc(-n4c5ccccc5c5ccccc54)c3)nc(-c3cccc(-c4ccccc4)c3)c21. The minimum absolute atomic E-state index is 0.243. The average Bonchev–Trinajstić information content (AvgIpc) is 3.57. The number of aromatic nitrogens is 3. The molecule has 46 heavy (non-hydrogen) atoms. The summed E-state index contributed by atoms with van der Waals surface area (Å²) in [6.07, 6.45) is 0. The van der Waals surface area contributed by atoms with Crippen molar-refractivity contribution in [2.24, 2.45) is 0 Å². The largest absolute Gasteiger partial charge is 0.309 e. The zero-order valence-corrected chi connectivity index (χ0v) is 25.8. The number of hydrogen-bond donors (Lipinski definition) is 0. The van der Waals surface area contributed by atoms with Crippen LogP contribution in [0.2, 0.25) is 0 Å². The Morgan fingerprint density at radius 2 is 1.07 bits per heavy atom. The van der Waals surface area contributed by atoms with Crippen LogP contribution in [0.25, 0.3) is 72.5 Å². The van der Waals surface area contributed by atoms with E-state index in [0.29, 0.717) is 0 Å². The number of hydrogen-bond acceptors (Lipinski definition) is 2. The first-order chi connectivity index (χ1) is 22.6. The normalized spacial score (nSPS) is 13.2. The quantitative estimate of drug-likeness (QED) is 0.204. The second-order valence-electron chi connectivity index (χ2n) is 12.7. The summed E-state index contributed by atoms with van der Waals surface area (Å²) >= 11 is 0. The van der Waals surface area contributed by atoms with E-state index >= 15 is 0 Å². The third-order valence-corrected chi connectivity index (χ3v) is 9.58. The standard InChI is InChI=1S/C43H31N3/c1-43(2)36-23-9-6-22-35(36)41-39(43)40(30-17-12-16-29(26-30)28-14-4-3-5-15-28)44-42(45-41)31-18-13-19-32(27-31)46-37-24-10-7-20-33(37)34-21-8-11-25-38(34)46/h3-27H,1-2H3. The number of benzene rings is 6. The Morgan fingerprint density at radius 1 is 0.478 bits per heavy atom. The van der Waals surface area contributed by atoms with Crippen LogP contribution in [0, 0.1) is 0 Å². The van der Waals surface area contributed by atoms with Crippen molar-refractivity contribution in [3.05, 3.63) is 163 Å². The molecule has 0 radical (unpaired) electrons. The van der Waals surface area contributed by atoms with Gasteiger partial charge in [-0.2, -0.15) is 0 Å². The van der Waals surface area contributed by atoms with E-state index in [1.807, 2.05) is 0 Å². The fourth-order valence-corrected chi connectivity index (χ4v) is 7.42. The van der Waals surface area contributed by atoms with Crippen LogP contribution in [-0.4, -0.2) is 14.5 Å². The zero-order chi connectivity index (χ0) is 30.8. The van der Waals surface area contributed by atoms with Crippen LogP contribution >= 0.6 is 0 Å². The average molecular weight is 590 g/mol. The minimum atomic E-state index is -0.243. The number of nitrogens with zero attached hydrogens (tertiary/aromatic N) is 3. The maximum atomic E-state index is 5.43. The number of rotatable bonds is 4. The molecule has 2 aromatic heterocycles. The molecule has 0 bridgehead atoms. The molecule has 0 unspecified atom stereocenters. The van der Waals surface area contributed by atoms with E-state index in [2.05, 4.69) is 170 Å². The Morgan fingerprint density at radius 3 is 1.85 bits per heavy atom. The lowest BCUT2D eigenvalue weighted by molar-refractivity contribution is 0.658. The molecule has 2 heterocycles. The van der Waals surface area contributed by atoms with E-state index in [4.69, 9.17) is 9.97 Å². The van der Waals surface area contributed by atoms with E-state index < -0.39 is 0 Å². The van der Waals surface area contributed by atoms with E-state index in [1.165, 1.54) is 49.6 Å². The number of para-hydroxylation sites is 2. The van der Waals surface area contributed by atoms with E-state index in [0.717, 1.165) is 34.0 Å². The van der Waals surface area contributed by atoms with Crippen LogP contribution in [0.1, 0.15) is 25.0 Å². The zero-order valence-electron chi connectivity index (χ0n) is 25.8. The van der Waals surface area contributed by atoms with Gasteiger partial charge in [-0.1, -0.05) is 135 Å². The van der Waals surface area contributed by atoms with Crippen molar-refractivity contribution in [2.75, 3.05) is 0 Å². The molecule has 0 spiro atoms. The van der Waals surface area contributed by atoms with Gasteiger partial charge < -0.3 is 4.57 Å². The van der Waals surface area contributed by atoms with Gasteiger partial charge in [0.2, 0.25) is 0 Å². The summed E-state index contributed by atoms with van der Waals surface area (Å²) in [6.45, 7) is 4.60. The molecule has 0 amide bonds. The van der Waals surface area contributed by atoms with Crippen molar-refractivity contribution in [1.29, 1.82) is 0 Å². The van der Waals surface area contributed by atoms with Crippen LogP contribution in [-0.2, 0) is 5.41 Å². The third-order valence-electron chi connectivity index (χ3n) is 9.58. The number of fused-ring (bicyclic) bond motifs is 6. The molecule has 0 saturated carbocycles. The Kier molecular flexibility index (Phi) is 5.85. The molecule has 0 aliphatic heterocycles. The van der Waals surface area contributed by atoms with Crippen LogP contribution in [0.4, 0.5) is 0 Å². The molecule has 0 saturated heterocycles. The predicted octanol–water partition coefficient (Wildman–Crippen LogP) is 10.9. The van der Waals surface area contributed by atoms with Gasteiger partial charge in [-0.3, -0.25) is 0 Å². The van der Waals surface area contributed by atoms with Gasteiger partial charge in [0.05, 0.1) is 22.4 Å². The van der Waals surface area contributed by atoms with Crippen molar-refractivity contribution in [2.45, 2.75) is 19.3 Å². The van der Waals surface area contributed by atoms with E-state index in [-0.39, 0.29) is 5.41 Å². The van der Waals surface area contributed by atoms with E-state index in [9.17, 15) is 0 Å². The van der Waals surface area contributed by atoms with Gasteiger partial charge in [0.15, 0.2) is 5.82 Å². The summed E-state index contributed by atoms with van der Waals surface area (Å²) < 4.78 is 2.35. The molecule has 8 aromatic rings. The van der Waals surface area contributed by atoms with Crippen molar-refractivity contribution < 1.29 is 0 Å². The second-order valence-corrected chi connectivity index (χ2v) is 12.7. The summed E-state index contributed by atoms with van der Waals surface area (Å²) in [7, 11) is 0. The highest BCUT2D eigenvalue weighted by Gasteiger charge is 2.40. The molecule has 218 valence electrons. The Hall–Kier alpha value is -5.80. The smallest absolute Gasteiger partial charge is 0.160 e. The monoisotopic (exact) mass is 589 g/mol. The topological polar surface area (TPSA) is 30.7 Å². The van der Waals surface area contributed by atoms with Gasteiger partial charge >= 0.3 is 0 Å². The van der Waals surface area contributed by atoms with Gasteiger partial charge in [0, 0.05) is 44.1 Å². The minimum Gasteiger partial charge on any atom is -0.309 e. The summed E-state index contributed by atoms with van der Waals surface area (Å²) in [4.78, 5) is 10.8. The van der Waals surface area contributed by atoms with Gasteiger partial charge in [-0.15, -0.1) is 0 Å². The van der Waals surface area contributed by atoms with Crippen LogP contribution < -0.4 is 0 Å². The molecule has 0 N–H and O–H groups in total. The Balaban J connectivity index is 1.28. The van der Waals surface area contributed by atoms with Gasteiger partial charge in [0.25, 0.3) is 0 Å². The van der Waals surface area contributed by atoms with Crippen molar-refractivity contribution in [3.8, 4) is 50.7 Å². The highest BCUT2D eigenvalue weighted by atomic mass is 15.0. The molecule has 0 fully saturated rings. The van der Waals surface area contributed by atoms with E-state index in [1.54, 1.807) is 0 Å². The molecule has 6 aromatic carbocycles. The molecular formula is C43H31N3. The highest BCUT2D eigenvalue weighted by molar-refractivity contribution is 6.09. The Bertz CT molecular complexity index is 2400. The molecule has 1 aliphatic rings. The molecule has 3 heteroatoms. The first-order valence-electron chi connectivity index (χ1n) is 15.9. The maximum absolute atomic E-state index is 5.43. The fraction of sp³-hybridized carbons (Fsp3) is 0.0698. The third kappa shape index (κ3) is 3.98. The lowest BCUT2D eigenvalue weighted by atomic mass is 9.80.